The summed E-state index contributed by atoms with van der Waals surface area (Å²) in [6.07, 6.45) is 0.156. The molecule has 3 aromatic rings. The number of aliphatic hydroxyl groups is 2. The summed E-state index contributed by atoms with van der Waals surface area (Å²) in [6, 6.07) is 4.65. The Balaban J connectivity index is 1.18. The van der Waals surface area contributed by atoms with Crippen LogP contribution in [0.3, 0.4) is 0 Å². The van der Waals surface area contributed by atoms with E-state index in [1.54, 1.807) is 16.4 Å². The van der Waals surface area contributed by atoms with Crippen molar-refractivity contribution in [1.82, 2.24) is 4.57 Å². The average molecular weight is 602 g/mol. The molecule has 0 spiro atoms. The third-order valence-corrected chi connectivity index (χ3v) is 8.18. The molecule has 2 atom stereocenters. The molecule has 6 rings (SSSR count). The van der Waals surface area contributed by atoms with Gasteiger partial charge in [-0.25, -0.2) is 18.4 Å². The molecule has 12 nitrogen and oxygen atoms in total. The van der Waals surface area contributed by atoms with Crippen molar-refractivity contribution in [2.24, 2.45) is 0 Å². The standard InChI is InChI=1S/C29H29F2N3O9/c1-15-13-41-26-23-18(25(36)19(27(37)38)11-33(15)23)9-21(31)24(26)32-6-4-29(40,5-7-32)14-42-22-3-2-16(8-20(22)30)34-10-17(12-35)43-28(34)39/h2-3,8-9,11,15,17,35,40H,4-7,10,12-14H2,1H3,(H,37,38)/t15-,17+/m0/s1. The summed E-state index contributed by atoms with van der Waals surface area (Å²) in [4.78, 5) is 39.4. The Labute approximate surface area is 243 Å². The highest BCUT2D eigenvalue weighted by atomic mass is 19.1. The van der Waals surface area contributed by atoms with Gasteiger partial charge in [-0.1, -0.05) is 0 Å². The number of carbonyl (C=O) groups is 2. The van der Waals surface area contributed by atoms with Crippen LogP contribution < -0.4 is 24.7 Å². The molecule has 3 aliphatic heterocycles. The molecule has 1 amide bonds. The summed E-state index contributed by atoms with van der Waals surface area (Å²) in [7, 11) is 0. The zero-order valence-corrected chi connectivity index (χ0v) is 23.1. The number of halogens is 2. The van der Waals surface area contributed by atoms with E-state index in [0.29, 0.717) is 5.52 Å². The van der Waals surface area contributed by atoms with Crippen LogP contribution in [0.4, 0.5) is 25.0 Å². The molecule has 2 fully saturated rings. The number of ether oxygens (including phenoxy) is 3. The number of piperidine rings is 1. The maximum Gasteiger partial charge on any atom is 0.414 e. The fraction of sp³-hybridized carbons (Fsp3) is 0.414. The SMILES string of the molecule is C[C@H]1COc2c(N3CCC(O)(COc4ccc(N5C[C@H](CO)OC5=O)cc4F)CC3)c(F)cc3c(=O)c(C(=O)O)cn1c23. The number of rotatable bonds is 7. The highest BCUT2D eigenvalue weighted by Crippen LogP contribution is 2.43. The topological polar surface area (TPSA) is 151 Å². The van der Waals surface area contributed by atoms with Gasteiger partial charge in [0, 0.05) is 25.4 Å². The number of pyridine rings is 1. The molecule has 1 aromatic heterocycles. The minimum atomic E-state index is -1.40. The quantitative estimate of drug-likeness (QED) is 0.369. The molecule has 228 valence electrons. The van der Waals surface area contributed by atoms with Gasteiger partial charge in [0.05, 0.1) is 35.8 Å². The van der Waals surface area contributed by atoms with Gasteiger partial charge in [-0.3, -0.25) is 9.69 Å². The molecule has 0 radical (unpaired) electrons. The number of hydrogen-bond donors (Lipinski definition) is 3. The Morgan fingerprint density at radius 2 is 1.91 bits per heavy atom. The molecular formula is C29H29F2N3O9. The number of carboxylic acids is 1. The van der Waals surface area contributed by atoms with Gasteiger partial charge in [0.1, 0.15) is 36.2 Å². The number of aliphatic hydroxyl groups excluding tert-OH is 1. The summed E-state index contributed by atoms with van der Waals surface area (Å²) in [5.74, 6) is -2.89. The van der Waals surface area contributed by atoms with E-state index in [9.17, 15) is 34.1 Å². The molecule has 0 saturated carbocycles. The summed E-state index contributed by atoms with van der Waals surface area (Å²) in [5, 5.41) is 29.8. The van der Waals surface area contributed by atoms with E-state index >= 15 is 4.39 Å². The van der Waals surface area contributed by atoms with E-state index in [2.05, 4.69) is 0 Å². The van der Waals surface area contributed by atoms with Crippen LogP contribution in [0.2, 0.25) is 0 Å². The molecule has 4 heterocycles. The van der Waals surface area contributed by atoms with Gasteiger partial charge in [0.2, 0.25) is 5.43 Å². The largest absolute Gasteiger partial charge is 0.488 e. The van der Waals surface area contributed by atoms with Gasteiger partial charge in [0.15, 0.2) is 23.1 Å². The first-order chi connectivity index (χ1) is 20.5. The van der Waals surface area contributed by atoms with Crippen molar-refractivity contribution in [3.8, 4) is 11.5 Å². The number of amides is 1. The molecular weight excluding hydrogens is 572 g/mol. The van der Waals surface area contributed by atoms with E-state index in [1.165, 1.54) is 23.2 Å². The second-order valence-electron chi connectivity index (χ2n) is 11.1. The van der Waals surface area contributed by atoms with Crippen molar-refractivity contribution >= 4 is 34.3 Å². The molecule has 0 unspecified atom stereocenters. The molecule has 0 aliphatic carbocycles. The highest BCUT2D eigenvalue weighted by molar-refractivity contribution is 5.97. The number of anilines is 2. The second kappa shape index (κ2) is 10.7. The maximum atomic E-state index is 15.5. The van der Waals surface area contributed by atoms with Gasteiger partial charge in [-0.15, -0.1) is 0 Å². The van der Waals surface area contributed by atoms with Gasteiger partial charge in [-0.05, 0) is 38.0 Å². The molecule has 14 heteroatoms. The molecule has 3 N–H and O–H groups in total. The van der Waals surface area contributed by atoms with Crippen molar-refractivity contribution in [3.05, 3.63) is 57.9 Å². The number of benzene rings is 2. The lowest BCUT2D eigenvalue weighted by molar-refractivity contribution is -0.0251. The number of carboxylic acid groups (broad SMARTS) is 1. The number of carbonyl (C=O) groups excluding carboxylic acids is 1. The fourth-order valence-electron chi connectivity index (χ4n) is 5.76. The number of nitrogens with zero attached hydrogens (tertiary/aromatic N) is 3. The van der Waals surface area contributed by atoms with Crippen LogP contribution in [0.25, 0.3) is 10.9 Å². The van der Waals surface area contributed by atoms with Crippen molar-refractivity contribution in [2.45, 2.75) is 37.5 Å². The smallest absolute Gasteiger partial charge is 0.414 e. The lowest BCUT2D eigenvalue weighted by atomic mass is 9.91. The zero-order valence-electron chi connectivity index (χ0n) is 23.1. The van der Waals surface area contributed by atoms with E-state index in [4.69, 9.17) is 14.2 Å². The Morgan fingerprint density at radius 3 is 2.56 bits per heavy atom. The Hall–Kier alpha value is -4.43. The first-order valence-corrected chi connectivity index (χ1v) is 13.8. The lowest BCUT2D eigenvalue weighted by Crippen LogP contribution is -2.48. The summed E-state index contributed by atoms with van der Waals surface area (Å²) in [5.41, 5.74) is -1.95. The summed E-state index contributed by atoms with van der Waals surface area (Å²) >= 11 is 0. The predicted octanol–water partition coefficient (Wildman–Crippen LogP) is 2.66. The van der Waals surface area contributed by atoms with Crippen LogP contribution in [-0.2, 0) is 4.74 Å². The maximum absolute atomic E-state index is 15.5. The number of hydrogen-bond acceptors (Lipinski definition) is 9. The van der Waals surface area contributed by atoms with E-state index < -0.39 is 46.4 Å². The third-order valence-electron chi connectivity index (χ3n) is 8.18. The normalized spacial score (nSPS) is 21.1. The third kappa shape index (κ3) is 4.99. The molecule has 0 bridgehead atoms. The predicted molar refractivity (Wildman–Crippen MR) is 148 cm³/mol. The van der Waals surface area contributed by atoms with Crippen molar-refractivity contribution in [2.75, 3.05) is 49.3 Å². The highest BCUT2D eigenvalue weighted by Gasteiger charge is 2.37. The van der Waals surface area contributed by atoms with Crippen LogP contribution in [0.15, 0.2) is 35.3 Å². The number of cyclic esters (lactones) is 1. The van der Waals surface area contributed by atoms with Crippen LogP contribution in [0.1, 0.15) is 36.2 Å². The molecule has 2 aromatic carbocycles. The Bertz CT molecular complexity index is 1690. The Kier molecular flexibility index (Phi) is 7.13. The average Bonchev–Trinajstić information content (AvgIpc) is 3.36. The first-order valence-electron chi connectivity index (χ1n) is 13.8. The summed E-state index contributed by atoms with van der Waals surface area (Å²) < 4.78 is 48.5. The first kappa shape index (κ1) is 28.7. The van der Waals surface area contributed by atoms with Crippen LogP contribution in [-0.4, -0.2) is 83.1 Å². The fourth-order valence-corrected chi connectivity index (χ4v) is 5.76. The minimum absolute atomic E-state index is 0.0796. The monoisotopic (exact) mass is 601 g/mol. The minimum Gasteiger partial charge on any atom is -0.488 e. The number of aromatic carboxylic acids is 1. The summed E-state index contributed by atoms with van der Waals surface area (Å²) in [6.45, 7) is 1.80. The second-order valence-corrected chi connectivity index (χ2v) is 11.1. The number of aromatic nitrogens is 1. The Morgan fingerprint density at radius 1 is 1.16 bits per heavy atom. The van der Waals surface area contributed by atoms with Crippen LogP contribution in [0, 0.1) is 11.6 Å². The van der Waals surface area contributed by atoms with E-state index in [1.807, 2.05) is 0 Å². The van der Waals surface area contributed by atoms with E-state index in [0.717, 1.165) is 12.1 Å². The van der Waals surface area contributed by atoms with Crippen LogP contribution >= 0.6 is 0 Å². The van der Waals surface area contributed by atoms with Gasteiger partial charge in [0.25, 0.3) is 0 Å². The van der Waals surface area contributed by atoms with Crippen molar-refractivity contribution < 1.29 is 47.9 Å². The molecule has 2 saturated heterocycles. The lowest BCUT2D eigenvalue weighted by Gasteiger charge is -2.40. The van der Waals surface area contributed by atoms with Crippen molar-refractivity contribution in [3.63, 3.8) is 0 Å². The van der Waals surface area contributed by atoms with Gasteiger partial charge < -0.3 is 39.0 Å². The van der Waals surface area contributed by atoms with Gasteiger partial charge >= 0.3 is 12.1 Å². The molecule has 43 heavy (non-hydrogen) atoms. The molecule has 3 aliphatic rings. The van der Waals surface area contributed by atoms with Gasteiger partial charge in [-0.2, -0.15) is 0 Å². The zero-order chi connectivity index (χ0) is 30.6. The van der Waals surface area contributed by atoms with Crippen LogP contribution in [0.5, 0.6) is 11.5 Å². The van der Waals surface area contributed by atoms with E-state index in [-0.39, 0.29) is 86.6 Å². The van der Waals surface area contributed by atoms with Crippen molar-refractivity contribution in [1.29, 1.82) is 0 Å².